The van der Waals surface area contributed by atoms with Crippen molar-refractivity contribution < 1.29 is 9.59 Å². The molecule has 0 aromatic rings. The molecule has 0 bridgehead atoms. The summed E-state index contributed by atoms with van der Waals surface area (Å²) in [5.74, 6) is 1.90. The molecule has 0 radical (unpaired) electrons. The highest BCUT2D eigenvalue weighted by Gasteiger charge is 2.39. The van der Waals surface area contributed by atoms with E-state index in [1.165, 1.54) is 32.5 Å². The molecular formula is C24H44N4O2. The molecule has 0 aromatic carbocycles. The lowest BCUT2D eigenvalue weighted by Gasteiger charge is -2.42. The van der Waals surface area contributed by atoms with Crippen molar-refractivity contribution in [1.29, 1.82) is 0 Å². The number of carbonyl (C=O) groups is 2. The first-order chi connectivity index (χ1) is 14.3. The molecule has 3 aliphatic rings. The van der Waals surface area contributed by atoms with Crippen molar-refractivity contribution in [3.63, 3.8) is 0 Å². The SMILES string of the molecule is CC(C)C[C@@H]1NCCN([C@@H](CC(C)C)C(=O)N2CCC(CCN3CCC3)CC2)C1=O. The normalized spacial score (nSPS) is 25.1. The lowest BCUT2D eigenvalue weighted by Crippen LogP contribution is -2.62. The molecule has 0 aliphatic carbocycles. The number of nitrogens with one attached hydrogen (secondary N) is 1. The third kappa shape index (κ3) is 6.19. The Bertz CT molecular complexity index is 568. The fourth-order valence-electron chi connectivity index (χ4n) is 5.15. The summed E-state index contributed by atoms with van der Waals surface area (Å²) in [6, 6.07) is -0.444. The average molecular weight is 421 g/mol. The number of carbonyl (C=O) groups excluding carboxylic acids is 2. The zero-order chi connectivity index (χ0) is 21.7. The Kier molecular flexibility index (Phi) is 8.58. The summed E-state index contributed by atoms with van der Waals surface area (Å²) in [4.78, 5) is 33.2. The quantitative estimate of drug-likeness (QED) is 0.623. The second-order valence-electron chi connectivity index (χ2n) is 10.6. The average Bonchev–Trinajstić information content (AvgIpc) is 2.66. The van der Waals surface area contributed by atoms with Crippen LogP contribution >= 0.6 is 0 Å². The van der Waals surface area contributed by atoms with E-state index < -0.39 is 0 Å². The smallest absolute Gasteiger partial charge is 0.245 e. The summed E-state index contributed by atoms with van der Waals surface area (Å²) in [6.45, 7) is 15.5. The molecule has 3 heterocycles. The largest absolute Gasteiger partial charge is 0.341 e. The molecule has 2 amide bonds. The fraction of sp³-hybridized carbons (Fsp3) is 0.917. The zero-order valence-corrected chi connectivity index (χ0v) is 19.7. The van der Waals surface area contributed by atoms with Crippen LogP contribution in [-0.4, -0.2) is 84.4 Å². The van der Waals surface area contributed by atoms with Crippen LogP contribution in [0.5, 0.6) is 0 Å². The van der Waals surface area contributed by atoms with E-state index in [0.717, 1.165) is 51.2 Å². The van der Waals surface area contributed by atoms with Gasteiger partial charge in [0.15, 0.2) is 0 Å². The van der Waals surface area contributed by atoms with Gasteiger partial charge in [-0.1, -0.05) is 27.7 Å². The molecule has 2 atom stereocenters. The topological polar surface area (TPSA) is 55.9 Å². The summed E-state index contributed by atoms with van der Waals surface area (Å²) >= 11 is 0. The highest BCUT2D eigenvalue weighted by Crippen LogP contribution is 2.25. The van der Waals surface area contributed by atoms with Crippen molar-refractivity contribution in [3.8, 4) is 0 Å². The molecule has 6 heteroatoms. The molecule has 0 unspecified atom stereocenters. The van der Waals surface area contributed by atoms with Gasteiger partial charge in [-0.2, -0.15) is 0 Å². The van der Waals surface area contributed by atoms with Crippen LogP contribution in [-0.2, 0) is 9.59 Å². The first-order valence-corrected chi connectivity index (χ1v) is 12.4. The number of hydrogen-bond donors (Lipinski definition) is 1. The van der Waals surface area contributed by atoms with Crippen molar-refractivity contribution in [2.45, 2.75) is 78.3 Å². The van der Waals surface area contributed by atoms with Gasteiger partial charge >= 0.3 is 0 Å². The van der Waals surface area contributed by atoms with E-state index >= 15 is 0 Å². The maximum Gasteiger partial charge on any atom is 0.245 e. The van der Waals surface area contributed by atoms with Crippen LogP contribution in [0, 0.1) is 17.8 Å². The number of piperidine rings is 1. The standard InChI is InChI=1S/C24H44N4O2/c1-18(2)16-21-23(29)28(15-9-25-21)22(17-19(3)4)24(30)27-13-7-20(8-14-27)6-12-26-10-5-11-26/h18-22,25H,5-17H2,1-4H3/t21-,22-/m0/s1. The molecule has 6 nitrogen and oxygen atoms in total. The van der Waals surface area contributed by atoms with E-state index in [0.29, 0.717) is 18.4 Å². The highest BCUT2D eigenvalue weighted by molar-refractivity contribution is 5.90. The second kappa shape index (κ2) is 10.9. The molecule has 3 saturated heterocycles. The third-order valence-electron chi connectivity index (χ3n) is 7.12. The molecule has 3 rings (SSSR count). The van der Waals surface area contributed by atoms with E-state index in [2.05, 4.69) is 42.8 Å². The third-order valence-corrected chi connectivity index (χ3v) is 7.12. The van der Waals surface area contributed by atoms with Crippen LogP contribution in [0.2, 0.25) is 0 Å². The van der Waals surface area contributed by atoms with Crippen LogP contribution < -0.4 is 5.32 Å². The summed E-state index contributed by atoms with van der Waals surface area (Å²) in [5, 5.41) is 3.38. The van der Waals surface area contributed by atoms with E-state index in [1.807, 2.05) is 4.90 Å². The van der Waals surface area contributed by atoms with E-state index in [9.17, 15) is 9.59 Å². The predicted octanol–water partition coefficient (Wildman–Crippen LogP) is 2.58. The minimum absolute atomic E-state index is 0.124. The first kappa shape index (κ1) is 23.5. The number of amides is 2. The zero-order valence-electron chi connectivity index (χ0n) is 19.7. The summed E-state index contributed by atoms with van der Waals surface area (Å²) in [6.07, 6.45) is 6.44. The van der Waals surface area contributed by atoms with Gasteiger partial charge < -0.3 is 20.0 Å². The van der Waals surface area contributed by atoms with Crippen molar-refractivity contribution in [2.75, 3.05) is 45.8 Å². The van der Waals surface area contributed by atoms with Gasteiger partial charge in [0.1, 0.15) is 6.04 Å². The van der Waals surface area contributed by atoms with Gasteiger partial charge in [-0.25, -0.2) is 0 Å². The van der Waals surface area contributed by atoms with Crippen molar-refractivity contribution in [3.05, 3.63) is 0 Å². The van der Waals surface area contributed by atoms with E-state index in [4.69, 9.17) is 0 Å². The van der Waals surface area contributed by atoms with Crippen LogP contribution in [0.1, 0.15) is 66.2 Å². The van der Waals surface area contributed by atoms with E-state index in [1.54, 1.807) is 0 Å². The first-order valence-electron chi connectivity index (χ1n) is 12.4. The van der Waals surface area contributed by atoms with Gasteiger partial charge in [-0.15, -0.1) is 0 Å². The minimum atomic E-state index is -0.299. The van der Waals surface area contributed by atoms with Crippen molar-refractivity contribution >= 4 is 11.8 Å². The fourth-order valence-corrected chi connectivity index (χ4v) is 5.15. The van der Waals surface area contributed by atoms with Crippen LogP contribution in [0.15, 0.2) is 0 Å². The Balaban J connectivity index is 1.57. The number of likely N-dealkylation sites (tertiary alicyclic amines) is 2. The van der Waals surface area contributed by atoms with E-state index in [-0.39, 0.29) is 23.9 Å². The molecule has 0 aromatic heterocycles. The van der Waals surface area contributed by atoms with Gasteiger partial charge in [-0.05, 0) is 75.9 Å². The Hall–Kier alpha value is -1.14. The molecule has 172 valence electrons. The van der Waals surface area contributed by atoms with Gasteiger partial charge in [0.05, 0.1) is 6.04 Å². The van der Waals surface area contributed by atoms with Gasteiger partial charge in [0, 0.05) is 26.2 Å². The van der Waals surface area contributed by atoms with Crippen LogP contribution in [0.3, 0.4) is 0 Å². The molecule has 0 spiro atoms. The Morgan fingerprint density at radius 1 is 1.03 bits per heavy atom. The lowest BCUT2D eigenvalue weighted by molar-refractivity contribution is -0.150. The summed E-state index contributed by atoms with van der Waals surface area (Å²) in [5.41, 5.74) is 0. The monoisotopic (exact) mass is 420 g/mol. The van der Waals surface area contributed by atoms with Gasteiger partial charge in [0.2, 0.25) is 11.8 Å². The Morgan fingerprint density at radius 3 is 2.30 bits per heavy atom. The Morgan fingerprint density at radius 2 is 1.73 bits per heavy atom. The molecular weight excluding hydrogens is 376 g/mol. The number of piperazine rings is 1. The minimum Gasteiger partial charge on any atom is -0.341 e. The number of hydrogen-bond acceptors (Lipinski definition) is 4. The summed E-state index contributed by atoms with van der Waals surface area (Å²) < 4.78 is 0. The van der Waals surface area contributed by atoms with Crippen molar-refractivity contribution in [1.82, 2.24) is 20.0 Å². The molecule has 30 heavy (non-hydrogen) atoms. The predicted molar refractivity (Wildman–Crippen MR) is 121 cm³/mol. The molecule has 1 N–H and O–H groups in total. The molecule has 3 aliphatic heterocycles. The maximum absolute atomic E-state index is 13.5. The van der Waals surface area contributed by atoms with Gasteiger partial charge in [0.25, 0.3) is 0 Å². The lowest BCUT2D eigenvalue weighted by atomic mass is 9.91. The highest BCUT2D eigenvalue weighted by atomic mass is 16.2. The van der Waals surface area contributed by atoms with Crippen LogP contribution in [0.4, 0.5) is 0 Å². The van der Waals surface area contributed by atoms with Crippen LogP contribution in [0.25, 0.3) is 0 Å². The summed E-state index contributed by atoms with van der Waals surface area (Å²) in [7, 11) is 0. The van der Waals surface area contributed by atoms with Gasteiger partial charge in [-0.3, -0.25) is 9.59 Å². The maximum atomic E-state index is 13.5. The molecule has 3 fully saturated rings. The second-order valence-corrected chi connectivity index (χ2v) is 10.6. The van der Waals surface area contributed by atoms with Crippen molar-refractivity contribution in [2.24, 2.45) is 17.8 Å². The number of rotatable bonds is 9. The molecule has 0 saturated carbocycles. The Labute approximate surface area is 183 Å². The number of nitrogens with zero attached hydrogens (tertiary/aromatic N) is 3.